The van der Waals surface area contributed by atoms with Crippen LogP contribution in [0.3, 0.4) is 0 Å². The molecule has 4 heteroatoms. The second kappa shape index (κ2) is 5.14. The highest BCUT2D eigenvalue weighted by Gasteiger charge is 2.14. The third kappa shape index (κ3) is 2.75. The van der Waals surface area contributed by atoms with Crippen molar-refractivity contribution in [2.75, 3.05) is 5.32 Å². The van der Waals surface area contributed by atoms with Crippen LogP contribution in [-0.4, -0.2) is 5.91 Å². The number of hydrogen-bond donors (Lipinski definition) is 1. The number of carbonyl (C=O) groups is 1. The van der Waals surface area contributed by atoms with Crippen LogP contribution in [0.1, 0.15) is 27.4 Å². The number of anilines is 1. The molecule has 2 aromatic rings. The molecule has 0 aliphatic heterocycles. The Bertz CT molecular complexity index is 602. The molecule has 0 saturated carbocycles. The number of rotatable bonds is 2. The van der Waals surface area contributed by atoms with E-state index in [9.17, 15) is 4.79 Å². The molecule has 0 radical (unpaired) electrons. The summed E-state index contributed by atoms with van der Waals surface area (Å²) in [6.07, 6.45) is 0. The number of halogens is 1. The maximum absolute atomic E-state index is 12.1. The fraction of sp³-hybridized carbons (Fsp3) is 0.214. The van der Waals surface area contributed by atoms with Crippen LogP contribution in [-0.2, 0) is 0 Å². The molecule has 0 aliphatic carbocycles. The zero-order chi connectivity index (χ0) is 13.3. The Morgan fingerprint density at radius 3 is 2.56 bits per heavy atom. The van der Waals surface area contributed by atoms with Gasteiger partial charge < -0.3 is 9.73 Å². The quantitative estimate of drug-likeness (QED) is 0.826. The molecule has 1 heterocycles. The first-order valence-corrected chi connectivity index (χ1v) is 6.70. The Morgan fingerprint density at radius 1 is 1.22 bits per heavy atom. The summed E-state index contributed by atoms with van der Waals surface area (Å²) >= 11 is 2.22. The van der Waals surface area contributed by atoms with Crippen LogP contribution in [0.2, 0.25) is 0 Å². The van der Waals surface area contributed by atoms with E-state index in [-0.39, 0.29) is 5.91 Å². The number of hydrogen-bond acceptors (Lipinski definition) is 2. The van der Waals surface area contributed by atoms with Gasteiger partial charge in [0.1, 0.15) is 11.5 Å². The fourth-order valence-electron chi connectivity index (χ4n) is 1.77. The van der Waals surface area contributed by atoms with Gasteiger partial charge in [-0.2, -0.15) is 0 Å². The van der Waals surface area contributed by atoms with Crippen LogP contribution in [0.5, 0.6) is 0 Å². The molecule has 18 heavy (non-hydrogen) atoms. The van der Waals surface area contributed by atoms with Gasteiger partial charge in [0, 0.05) is 9.26 Å². The van der Waals surface area contributed by atoms with E-state index in [1.165, 1.54) is 0 Å². The summed E-state index contributed by atoms with van der Waals surface area (Å²) < 4.78 is 6.46. The zero-order valence-electron chi connectivity index (χ0n) is 10.5. The summed E-state index contributed by atoms with van der Waals surface area (Å²) in [4.78, 5) is 12.1. The van der Waals surface area contributed by atoms with Crippen molar-refractivity contribution >= 4 is 34.2 Å². The molecule has 1 N–H and O–H groups in total. The van der Waals surface area contributed by atoms with E-state index in [4.69, 9.17) is 4.42 Å². The molecule has 2 rings (SSSR count). The molecule has 0 unspecified atom stereocenters. The van der Waals surface area contributed by atoms with Crippen molar-refractivity contribution in [2.24, 2.45) is 0 Å². The molecule has 0 bridgehead atoms. The third-order valence-electron chi connectivity index (χ3n) is 2.73. The first-order valence-electron chi connectivity index (χ1n) is 5.62. The third-order valence-corrected chi connectivity index (χ3v) is 3.40. The standard InChI is InChI=1S/C14H14INO2/c1-8-4-5-11(15)7-13(8)16-14(17)12-6-9(2)18-10(12)3/h4-7H,1-3H3,(H,16,17). The van der Waals surface area contributed by atoms with Gasteiger partial charge in [-0.3, -0.25) is 4.79 Å². The first-order chi connectivity index (χ1) is 8.47. The van der Waals surface area contributed by atoms with Crippen molar-refractivity contribution in [3.63, 3.8) is 0 Å². The lowest BCUT2D eigenvalue weighted by Gasteiger charge is -2.08. The summed E-state index contributed by atoms with van der Waals surface area (Å²) in [5.74, 6) is 1.26. The number of aryl methyl sites for hydroxylation is 3. The van der Waals surface area contributed by atoms with E-state index in [0.717, 1.165) is 20.6 Å². The SMILES string of the molecule is Cc1cc(C(=O)Nc2cc(I)ccc2C)c(C)o1. The summed E-state index contributed by atoms with van der Waals surface area (Å²) in [7, 11) is 0. The van der Waals surface area contributed by atoms with E-state index in [0.29, 0.717) is 11.3 Å². The lowest BCUT2D eigenvalue weighted by atomic mass is 10.2. The topological polar surface area (TPSA) is 42.2 Å². The minimum atomic E-state index is -0.130. The molecule has 0 spiro atoms. The Balaban J connectivity index is 2.26. The van der Waals surface area contributed by atoms with Crippen molar-refractivity contribution in [1.29, 1.82) is 0 Å². The van der Waals surface area contributed by atoms with Gasteiger partial charge in [-0.25, -0.2) is 0 Å². The second-order valence-corrected chi connectivity index (χ2v) is 5.49. The largest absolute Gasteiger partial charge is 0.466 e. The molecule has 1 aromatic carbocycles. The average Bonchev–Trinajstić information content (AvgIpc) is 2.63. The number of carbonyl (C=O) groups excluding carboxylic acids is 1. The molecule has 1 amide bonds. The zero-order valence-corrected chi connectivity index (χ0v) is 12.7. The normalized spacial score (nSPS) is 10.4. The van der Waals surface area contributed by atoms with Gasteiger partial charge in [-0.15, -0.1) is 0 Å². The predicted octanol–water partition coefficient (Wildman–Crippen LogP) is 4.06. The van der Waals surface area contributed by atoms with Gasteiger partial charge in [0.05, 0.1) is 5.56 Å². The van der Waals surface area contributed by atoms with Crippen LogP contribution < -0.4 is 5.32 Å². The first kappa shape index (κ1) is 13.1. The second-order valence-electron chi connectivity index (χ2n) is 4.24. The molecular formula is C14H14INO2. The molecule has 0 saturated heterocycles. The van der Waals surface area contributed by atoms with Crippen molar-refractivity contribution in [3.8, 4) is 0 Å². The lowest BCUT2D eigenvalue weighted by molar-refractivity contribution is 0.102. The van der Waals surface area contributed by atoms with Gasteiger partial charge in [0.15, 0.2) is 0 Å². The Kier molecular flexibility index (Phi) is 3.75. The fourth-order valence-corrected chi connectivity index (χ4v) is 2.27. The summed E-state index contributed by atoms with van der Waals surface area (Å²) in [6, 6.07) is 7.72. The van der Waals surface area contributed by atoms with Crippen LogP contribution in [0, 0.1) is 24.3 Å². The van der Waals surface area contributed by atoms with Crippen LogP contribution >= 0.6 is 22.6 Å². The van der Waals surface area contributed by atoms with Gasteiger partial charge in [-0.05, 0) is 67.1 Å². The lowest BCUT2D eigenvalue weighted by Crippen LogP contribution is -2.13. The average molecular weight is 355 g/mol. The van der Waals surface area contributed by atoms with Crippen LogP contribution in [0.4, 0.5) is 5.69 Å². The minimum Gasteiger partial charge on any atom is -0.466 e. The maximum atomic E-state index is 12.1. The van der Waals surface area contributed by atoms with Gasteiger partial charge in [0.25, 0.3) is 5.91 Å². The molecule has 0 aliphatic rings. The highest BCUT2D eigenvalue weighted by Crippen LogP contribution is 2.20. The highest BCUT2D eigenvalue weighted by molar-refractivity contribution is 14.1. The highest BCUT2D eigenvalue weighted by atomic mass is 127. The monoisotopic (exact) mass is 355 g/mol. The molecule has 3 nitrogen and oxygen atoms in total. The van der Waals surface area contributed by atoms with E-state index in [1.807, 2.05) is 32.0 Å². The Morgan fingerprint density at radius 2 is 1.94 bits per heavy atom. The van der Waals surface area contributed by atoms with Crippen LogP contribution in [0.25, 0.3) is 0 Å². The summed E-state index contributed by atoms with van der Waals surface area (Å²) in [6.45, 7) is 5.60. The van der Waals surface area contributed by atoms with Crippen molar-refractivity contribution < 1.29 is 9.21 Å². The molecule has 0 atom stereocenters. The summed E-state index contributed by atoms with van der Waals surface area (Å²) in [5.41, 5.74) is 2.47. The number of furan rings is 1. The van der Waals surface area contributed by atoms with E-state index in [1.54, 1.807) is 13.0 Å². The number of nitrogens with one attached hydrogen (secondary N) is 1. The predicted molar refractivity (Wildman–Crippen MR) is 80.0 cm³/mol. The maximum Gasteiger partial charge on any atom is 0.259 e. The Labute approximate surface area is 120 Å². The number of benzene rings is 1. The number of amides is 1. The minimum absolute atomic E-state index is 0.130. The smallest absolute Gasteiger partial charge is 0.259 e. The molecule has 0 fully saturated rings. The summed E-state index contributed by atoms with van der Waals surface area (Å²) in [5, 5.41) is 2.92. The van der Waals surface area contributed by atoms with Gasteiger partial charge >= 0.3 is 0 Å². The van der Waals surface area contributed by atoms with Gasteiger partial charge in [0.2, 0.25) is 0 Å². The van der Waals surface area contributed by atoms with E-state index in [2.05, 4.69) is 27.9 Å². The van der Waals surface area contributed by atoms with E-state index >= 15 is 0 Å². The van der Waals surface area contributed by atoms with Crippen molar-refractivity contribution in [1.82, 2.24) is 0 Å². The van der Waals surface area contributed by atoms with Gasteiger partial charge in [-0.1, -0.05) is 6.07 Å². The molecular weight excluding hydrogens is 341 g/mol. The Hall–Kier alpha value is -1.30. The van der Waals surface area contributed by atoms with E-state index < -0.39 is 0 Å². The molecule has 1 aromatic heterocycles. The van der Waals surface area contributed by atoms with Crippen LogP contribution in [0.15, 0.2) is 28.7 Å². The molecule has 94 valence electrons. The van der Waals surface area contributed by atoms with Crippen molar-refractivity contribution in [3.05, 3.63) is 50.5 Å². The van der Waals surface area contributed by atoms with Crippen molar-refractivity contribution in [2.45, 2.75) is 20.8 Å².